The quantitative estimate of drug-likeness (QED) is 0.441. The molecule has 0 aliphatic heterocycles. The summed E-state index contributed by atoms with van der Waals surface area (Å²) in [6.07, 6.45) is 1.67. The molecule has 0 saturated heterocycles. The molecule has 4 rings (SSSR count). The summed E-state index contributed by atoms with van der Waals surface area (Å²) in [5.41, 5.74) is 2.52. The van der Waals surface area contributed by atoms with Gasteiger partial charge in [0.05, 0.1) is 38.7 Å². The van der Waals surface area contributed by atoms with Gasteiger partial charge in [-0.25, -0.2) is 23.2 Å². The first-order chi connectivity index (χ1) is 15.6. The average molecular weight is 484 g/mol. The molecule has 4 aromatic rings. The van der Waals surface area contributed by atoms with Crippen LogP contribution in [0.3, 0.4) is 0 Å². The molecule has 0 radical (unpaired) electrons. The van der Waals surface area contributed by atoms with Gasteiger partial charge in [-0.1, -0.05) is 18.2 Å². The maximum absolute atomic E-state index is 13.7. The topological polar surface area (TPSA) is 111 Å². The van der Waals surface area contributed by atoms with E-state index in [9.17, 15) is 13.2 Å². The molecule has 3 heterocycles. The molecule has 1 atom stereocenters. The highest BCUT2D eigenvalue weighted by Gasteiger charge is 2.25. The van der Waals surface area contributed by atoms with Gasteiger partial charge in [0.15, 0.2) is 5.65 Å². The number of fused-ring (bicyclic) bond motifs is 1. The van der Waals surface area contributed by atoms with E-state index in [1.807, 2.05) is 43.0 Å². The number of pyridine rings is 1. The van der Waals surface area contributed by atoms with Crippen molar-refractivity contribution in [2.45, 2.75) is 37.8 Å². The second-order valence-corrected chi connectivity index (χ2v) is 10.7. The number of nitrogens with zero attached hydrogens (tertiary/aromatic N) is 4. The maximum atomic E-state index is 13.7. The van der Waals surface area contributed by atoms with Gasteiger partial charge in [-0.05, 0) is 56.0 Å². The Morgan fingerprint density at radius 1 is 1.15 bits per heavy atom. The summed E-state index contributed by atoms with van der Waals surface area (Å²) >= 11 is 1.55. The van der Waals surface area contributed by atoms with Gasteiger partial charge in [-0.15, -0.1) is 11.3 Å². The fraction of sp³-hybridized carbons (Fsp3) is 0.261. The van der Waals surface area contributed by atoms with Crippen molar-refractivity contribution in [3.05, 3.63) is 65.2 Å². The Labute approximate surface area is 196 Å². The van der Waals surface area contributed by atoms with Crippen molar-refractivity contribution in [2.24, 2.45) is 5.14 Å². The Morgan fingerprint density at radius 2 is 1.91 bits per heavy atom. The third kappa shape index (κ3) is 4.41. The lowest BCUT2D eigenvalue weighted by molar-refractivity contribution is 0.0744. The molecule has 0 aliphatic carbocycles. The molecule has 1 amide bonds. The molecule has 0 aliphatic rings. The monoisotopic (exact) mass is 483 g/mol. The summed E-state index contributed by atoms with van der Waals surface area (Å²) in [4.78, 5) is 21.0. The highest BCUT2D eigenvalue weighted by atomic mass is 32.2. The number of thiophene rings is 1. The van der Waals surface area contributed by atoms with Crippen LogP contribution in [-0.4, -0.2) is 41.0 Å². The van der Waals surface area contributed by atoms with Gasteiger partial charge in [0.25, 0.3) is 5.91 Å². The number of carbonyl (C=O) groups is 1. The molecular formula is C23H25N5O3S2. The van der Waals surface area contributed by atoms with Crippen LogP contribution in [0.5, 0.6) is 0 Å². The number of benzene rings is 1. The molecule has 33 heavy (non-hydrogen) atoms. The molecule has 0 fully saturated rings. The summed E-state index contributed by atoms with van der Waals surface area (Å²) in [5.74, 6) is -0.211. The van der Waals surface area contributed by atoms with E-state index in [-0.39, 0.29) is 16.8 Å². The van der Waals surface area contributed by atoms with E-state index < -0.39 is 16.1 Å². The van der Waals surface area contributed by atoms with Gasteiger partial charge in [0.1, 0.15) is 0 Å². The highest BCUT2D eigenvalue weighted by molar-refractivity contribution is 7.89. The maximum Gasteiger partial charge on any atom is 0.254 e. The summed E-state index contributed by atoms with van der Waals surface area (Å²) < 4.78 is 25.3. The van der Waals surface area contributed by atoms with Crippen LogP contribution in [0.4, 0.5) is 0 Å². The Balaban J connectivity index is 1.79. The minimum atomic E-state index is -3.84. The van der Waals surface area contributed by atoms with Crippen LogP contribution in [0, 0.1) is 0 Å². The second kappa shape index (κ2) is 8.69. The number of sulfonamides is 1. The Kier molecular flexibility index (Phi) is 6.08. The smallest absolute Gasteiger partial charge is 0.254 e. The van der Waals surface area contributed by atoms with E-state index in [4.69, 9.17) is 10.1 Å². The van der Waals surface area contributed by atoms with Crippen LogP contribution in [-0.2, 0) is 10.0 Å². The van der Waals surface area contributed by atoms with Crippen molar-refractivity contribution >= 4 is 38.3 Å². The van der Waals surface area contributed by atoms with Crippen LogP contribution in [0.15, 0.2) is 58.9 Å². The van der Waals surface area contributed by atoms with Crippen molar-refractivity contribution in [3.63, 3.8) is 0 Å². The average Bonchev–Trinajstić information content (AvgIpc) is 3.46. The minimum absolute atomic E-state index is 0.0113. The number of amides is 1. The summed E-state index contributed by atoms with van der Waals surface area (Å²) in [6.45, 7) is 5.87. The zero-order valence-electron chi connectivity index (χ0n) is 18.8. The SMILES string of the molecule is CC(c1cccc(S(N)(=O)=O)c1)N(C)C(=O)c1cc(-c2cccs2)nc2c1cnn2C(C)C. The Morgan fingerprint density at radius 3 is 2.55 bits per heavy atom. The Bertz CT molecular complexity index is 1430. The molecule has 1 aromatic carbocycles. The van der Waals surface area contributed by atoms with E-state index in [0.717, 1.165) is 4.88 Å². The molecule has 2 N–H and O–H groups in total. The normalized spacial score (nSPS) is 12.9. The Hall–Kier alpha value is -3.08. The lowest BCUT2D eigenvalue weighted by Crippen LogP contribution is -2.30. The van der Waals surface area contributed by atoms with E-state index in [1.165, 1.54) is 12.1 Å². The molecule has 0 saturated carbocycles. The van der Waals surface area contributed by atoms with Crippen LogP contribution >= 0.6 is 11.3 Å². The molecule has 172 valence electrons. The van der Waals surface area contributed by atoms with Crippen LogP contribution in [0.2, 0.25) is 0 Å². The van der Waals surface area contributed by atoms with Crippen molar-refractivity contribution < 1.29 is 13.2 Å². The van der Waals surface area contributed by atoms with Gasteiger partial charge in [-0.3, -0.25) is 4.79 Å². The predicted molar refractivity (Wildman–Crippen MR) is 130 cm³/mol. The first kappa shape index (κ1) is 23.1. The first-order valence-corrected chi connectivity index (χ1v) is 12.8. The van der Waals surface area contributed by atoms with Crippen molar-refractivity contribution in [2.75, 3.05) is 7.05 Å². The van der Waals surface area contributed by atoms with Gasteiger partial charge in [-0.2, -0.15) is 5.10 Å². The zero-order chi connectivity index (χ0) is 23.9. The molecule has 0 spiro atoms. The predicted octanol–water partition coefficient (Wildman–Crippen LogP) is 4.22. The second-order valence-electron chi connectivity index (χ2n) is 8.16. The highest BCUT2D eigenvalue weighted by Crippen LogP contribution is 2.31. The van der Waals surface area contributed by atoms with Gasteiger partial charge in [0.2, 0.25) is 10.0 Å². The van der Waals surface area contributed by atoms with Crippen LogP contribution in [0.25, 0.3) is 21.6 Å². The lowest BCUT2D eigenvalue weighted by Gasteiger charge is -2.26. The third-order valence-electron chi connectivity index (χ3n) is 5.63. The fourth-order valence-electron chi connectivity index (χ4n) is 3.66. The van der Waals surface area contributed by atoms with Gasteiger partial charge in [0, 0.05) is 13.1 Å². The molecule has 10 heteroatoms. The number of hydrogen-bond donors (Lipinski definition) is 1. The van der Waals surface area contributed by atoms with Crippen LogP contribution < -0.4 is 5.14 Å². The van der Waals surface area contributed by atoms with Crippen molar-refractivity contribution in [1.82, 2.24) is 19.7 Å². The number of aromatic nitrogens is 3. The van der Waals surface area contributed by atoms with Gasteiger partial charge >= 0.3 is 0 Å². The van der Waals surface area contributed by atoms with Crippen molar-refractivity contribution in [3.8, 4) is 10.6 Å². The number of carbonyl (C=O) groups excluding carboxylic acids is 1. The van der Waals surface area contributed by atoms with Crippen LogP contribution in [0.1, 0.15) is 48.8 Å². The van der Waals surface area contributed by atoms with Gasteiger partial charge < -0.3 is 4.90 Å². The largest absolute Gasteiger partial charge is 0.335 e. The van der Waals surface area contributed by atoms with Crippen molar-refractivity contribution in [1.29, 1.82) is 0 Å². The lowest BCUT2D eigenvalue weighted by atomic mass is 10.0. The first-order valence-electron chi connectivity index (χ1n) is 10.4. The number of nitrogens with two attached hydrogens (primary N) is 1. The van der Waals surface area contributed by atoms with E-state index >= 15 is 0 Å². The molecule has 8 nitrogen and oxygen atoms in total. The van der Waals surface area contributed by atoms with E-state index in [1.54, 1.807) is 47.7 Å². The molecular weight excluding hydrogens is 458 g/mol. The summed E-state index contributed by atoms with van der Waals surface area (Å²) in [5, 5.41) is 12.4. The fourth-order valence-corrected chi connectivity index (χ4v) is 4.92. The number of primary sulfonamides is 1. The minimum Gasteiger partial charge on any atom is -0.335 e. The standard InChI is InChI=1S/C23H25N5O3S2/c1-14(2)28-22-19(13-25-28)18(12-20(26-22)21-9-6-10-32-21)23(29)27(4)15(3)16-7-5-8-17(11-16)33(24,30)31/h5-15H,1-4H3,(H2,24,30,31). The number of hydrogen-bond acceptors (Lipinski definition) is 6. The van der Waals surface area contributed by atoms with E-state index in [2.05, 4.69) is 5.10 Å². The zero-order valence-corrected chi connectivity index (χ0v) is 20.4. The molecule has 0 bridgehead atoms. The van der Waals surface area contributed by atoms with E-state index in [0.29, 0.717) is 27.9 Å². The summed E-state index contributed by atoms with van der Waals surface area (Å²) in [6, 6.07) is 11.7. The molecule has 1 unspecified atom stereocenters. The molecule has 3 aromatic heterocycles. The summed E-state index contributed by atoms with van der Waals surface area (Å²) in [7, 11) is -2.15. The number of rotatable bonds is 6. The third-order valence-corrected chi connectivity index (χ3v) is 7.43.